The van der Waals surface area contributed by atoms with Crippen LogP contribution in [0.4, 0.5) is 0 Å². The topological polar surface area (TPSA) is 29.3 Å². The summed E-state index contributed by atoms with van der Waals surface area (Å²) in [7, 11) is 0. The molecule has 2 fully saturated rings. The molecular weight excluding hydrogens is 136 g/mol. The van der Waals surface area contributed by atoms with Crippen molar-refractivity contribution in [3.05, 3.63) is 0 Å². The Morgan fingerprint density at radius 3 is 3.00 bits per heavy atom. The van der Waals surface area contributed by atoms with E-state index in [1.807, 2.05) is 0 Å². The second-order valence-corrected chi connectivity index (χ2v) is 3.87. The van der Waals surface area contributed by atoms with Gasteiger partial charge in [-0.3, -0.25) is 4.90 Å². The van der Waals surface area contributed by atoms with E-state index in [9.17, 15) is 0 Å². The molecular formula is C9H18N2. The minimum Gasteiger partial charge on any atom is -0.329 e. The number of rotatable bonds is 2. The molecule has 2 atom stereocenters. The van der Waals surface area contributed by atoms with Crippen LogP contribution < -0.4 is 5.73 Å². The van der Waals surface area contributed by atoms with E-state index in [0.29, 0.717) is 0 Å². The zero-order chi connectivity index (χ0) is 7.68. The maximum absolute atomic E-state index is 5.55. The maximum Gasteiger partial charge on any atom is 0.0124 e. The number of hydrogen-bond donors (Lipinski definition) is 1. The van der Waals surface area contributed by atoms with E-state index in [4.69, 9.17) is 5.73 Å². The molecule has 2 unspecified atom stereocenters. The van der Waals surface area contributed by atoms with Gasteiger partial charge in [0.15, 0.2) is 0 Å². The van der Waals surface area contributed by atoms with Crippen LogP contribution in [0.25, 0.3) is 0 Å². The SMILES string of the molecule is NCCN1CCC2CCCC21. The predicted octanol–water partition coefficient (Wildman–Crippen LogP) is 0.819. The van der Waals surface area contributed by atoms with Gasteiger partial charge in [-0.15, -0.1) is 0 Å². The van der Waals surface area contributed by atoms with Gasteiger partial charge < -0.3 is 5.73 Å². The van der Waals surface area contributed by atoms with Crippen LogP contribution in [0.3, 0.4) is 0 Å². The first-order chi connectivity index (χ1) is 5.42. The first kappa shape index (κ1) is 7.56. The highest BCUT2D eigenvalue weighted by Gasteiger charge is 2.36. The number of nitrogens with two attached hydrogens (primary N) is 1. The summed E-state index contributed by atoms with van der Waals surface area (Å²) in [5.74, 6) is 1.03. The Balaban J connectivity index is 1.92. The van der Waals surface area contributed by atoms with Crippen molar-refractivity contribution in [2.24, 2.45) is 11.7 Å². The second-order valence-electron chi connectivity index (χ2n) is 3.87. The molecule has 11 heavy (non-hydrogen) atoms. The Morgan fingerprint density at radius 1 is 1.27 bits per heavy atom. The van der Waals surface area contributed by atoms with E-state index < -0.39 is 0 Å². The lowest BCUT2D eigenvalue weighted by molar-refractivity contribution is 0.248. The van der Waals surface area contributed by atoms with Crippen LogP contribution in [0.5, 0.6) is 0 Å². The molecule has 0 aromatic rings. The highest BCUT2D eigenvalue weighted by Crippen LogP contribution is 2.37. The molecule has 1 heterocycles. The lowest BCUT2D eigenvalue weighted by atomic mass is 10.1. The molecule has 2 aliphatic rings. The Morgan fingerprint density at radius 2 is 2.18 bits per heavy atom. The summed E-state index contributed by atoms with van der Waals surface area (Å²) < 4.78 is 0. The third-order valence-corrected chi connectivity index (χ3v) is 3.29. The van der Waals surface area contributed by atoms with Crippen molar-refractivity contribution in [2.75, 3.05) is 19.6 Å². The molecule has 0 radical (unpaired) electrons. The number of hydrogen-bond acceptors (Lipinski definition) is 2. The van der Waals surface area contributed by atoms with Gasteiger partial charge in [0, 0.05) is 19.1 Å². The van der Waals surface area contributed by atoms with Crippen molar-refractivity contribution >= 4 is 0 Å². The van der Waals surface area contributed by atoms with Gasteiger partial charge in [-0.25, -0.2) is 0 Å². The van der Waals surface area contributed by atoms with Crippen molar-refractivity contribution in [3.63, 3.8) is 0 Å². The molecule has 0 amide bonds. The third kappa shape index (κ3) is 1.30. The lowest BCUT2D eigenvalue weighted by Gasteiger charge is -2.22. The molecule has 0 spiro atoms. The van der Waals surface area contributed by atoms with Crippen LogP contribution in [0, 0.1) is 5.92 Å². The zero-order valence-electron chi connectivity index (χ0n) is 7.13. The highest BCUT2D eigenvalue weighted by atomic mass is 15.2. The van der Waals surface area contributed by atoms with Crippen LogP contribution >= 0.6 is 0 Å². The average Bonchev–Trinajstić information content (AvgIpc) is 2.53. The Kier molecular flexibility index (Phi) is 2.14. The zero-order valence-corrected chi connectivity index (χ0v) is 7.13. The Labute approximate surface area is 68.7 Å². The van der Waals surface area contributed by atoms with Crippen LogP contribution in [-0.2, 0) is 0 Å². The summed E-state index contributed by atoms with van der Waals surface area (Å²) in [4.78, 5) is 2.59. The predicted molar refractivity (Wildman–Crippen MR) is 46.4 cm³/mol. The standard InChI is InChI=1S/C9H18N2/c10-5-7-11-6-4-8-2-1-3-9(8)11/h8-9H,1-7,10H2. The lowest BCUT2D eigenvalue weighted by Crippen LogP contribution is -2.34. The van der Waals surface area contributed by atoms with Gasteiger partial charge in [-0.1, -0.05) is 6.42 Å². The van der Waals surface area contributed by atoms with Crippen LogP contribution in [-0.4, -0.2) is 30.6 Å². The first-order valence-corrected chi connectivity index (χ1v) is 4.86. The summed E-state index contributed by atoms with van der Waals surface area (Å²) in [6.07, 6.45) is 5.80. The molecule has 1 saturated heterocycles. The molecule has 0 aromatic heterocycles. The summed E-state index contributed by atoms with van der Waals surface area (Å²) >= 11 is 0. The molecule has 0 aromatic carbocycles. The maximum atomic E-state index is 5.55. The smallest absolute Gasteiger partial charge is 0.0124 e. The summed E-state index contributed by atoms with van der Waals surface area (Å²) in [5.41, 5.74) is 5.55. The number of nitrogens with zero attached hydrogens (tertiary/aromatic N) is 1. The molecule has 1 aliphatic carbocycles. The molecule has 2 nitrogen and oxygen atoms in total. The fourth-order valence-electron chi connectivity index (χ4n) is 2.78. The van der Waals surface area contributed by atoms with E-state index in [0.717, 1.165) is 25.0 Å². The van der Waals surface area contributed by atoms with Crippen LogP contribution in [0.1, 0.15) is 25.7 Å². The van der Waals surface area contributed by atoms with Gasteiger partial charge in [-0.2, -0.15) is 0 Å². The molecule has 1 aliphatic heterocycles. The van der Waals surface area contributed by atoms with Gasteiger partial charge in [-0.05, 0) is 31.7 Å². The highest BCUT2D eigenvalue weighted by molar-refractivity contribution is 4.91. The fraction of sp³-hybridized carbons (Fsp3) is 1.00. The van der Waals surface area contributed by atoms with Crippen molar-refractivity contribution in [2.45, 2.75) is 31.7 Å². The summed E-state index contributed by atoms with van der Waals surface area (Å²) in [5, 5.41) is 0. The minimum atomic E-state index is 0.837. The van der Waals surface area contributed by atoms with Gasteiger partial charge >= 0.3 is 0 Å². The molecule has 2 rings (SSSR count). The van der Waals surface area contributed by atoms with E-state index in [1.54, 1.807) is 0 Å². The van der Waals surface area contributed by atoms with Crippen LogP contribution in [0.2, 0.25) is 0 Å². The van der Waals surface area contributed by atoms with Crippen molar-refractivity contribution in [3.8, 4) is 0 Å². The fourth-order valence-corrected chi connectivity index (χ4v) is 2.78. The van der Waals surface area contributed by atoms with E-state index in [2.05, 4.69) is 4.90 Å². The normalized spacial score (nSPS) is 37.9. The van der Waals surface area contributed by atoms with E-state index in [1.165, 1.54) is 32.2 Å². The average molecular weight is 154 g/mol. The second kappa shape index (κ2) is 3.11. The summed E-state index contributed by atoms with van der Waals surface area (Å²) in [6.45, 7) is 3.27. The first-order valence-electron chi connectivity index (χ1n) is 4.86. The number of fused-ring (bicyclic) bond motifs is 1. The van der Waals surface area contributed by atoms with E-state index >= 15 is 0 Å². The van der Waals surface area contributed by atoms with Gasteiger partial charge in [0.2, 0.25) is 0 Å². The van der Waals surface area contributed by atoms with Crippen molar-refractivity contribution in [1.29, 1.82) is 0 Å². The van der Waals surface area contributed by atoms with E-state index in [-0.39, 0.29) is 0 Å². The van der Waals surface area contributed by atoms with Gasteiger partial charge in [0.25, 0.3) is 0 Å². The van der Waals surface area contributed by atoms with Gasteiger partial charge in [0.05, 0.1) is 0 Å². The molecule has 0 bridgehead atoms. The molecule has 2 N–H and O–H groups in total. The molecule has 1 saturated carbocycles. The largest absolute Gasteiger partial charge is 0.329 e. The number of likely N-dealkylation sites (tertiary alicyclic amines) is 1. The minimum absolute atomic E-state index is 0.837. The quantitative estimate of drug-likeness (QED) is 0.638. The summed E-state index contributed by atoms with van der Waals surface area (Å²) in [6, 6.07) is 0.915. The molecule has 64 valence electrons. The Bertz CT molecular complexity index is 134. The third-order valence-electron chi connectivity index (χ3n) is 3.29. The van der Waals surface area contributed by atoms with Crippen molar-refractivity contribution < 1.29 is 0 Å². The Hall–Kier alpha value is -0.0800. The van der Waals surface area contributed by atoms with Crippen molar-refractivity contribution in [1.82, 2.24) is 4.90 Å². The monoisotopic (exact) mass is 154 g/mol. The van der Waals surface area contributed by atoms with Crippen LogP contribution in [0.15, 0.2) is 0 Å². The van der Waals surface area contributed by atoms with Gasteiger partial charge in [0.1, 0.15) is 0 Å². The molecule has 2 heteroatoms.